The number of rotatable bonds is 5. The van der Waals surface area contributed by atoms with Crippen molar-refractivity contribution in [2.75, 3.05) is 13.1 Å². The molecule has 2 atom stereocenters. The minimum Gasteiger partial charge on any atom is -0.459 e. The highest BCUT2D eigenvalue weighted by atomic mass is 32.1. The third-order valence-electron chi connectivity index (χ3n) is 5.55. The molecule has 0 unspecified atom stereocenters. The van der Waals surface area contributed by atoms with E-state index >= 15 is 0 Å². The van der Waals surface area contributed by atoms with Gasteiger partial charge in [-0.1, -0.05) is 30.3 Å². The minimum absolute atomic E-state index is 0.0194. The van der Waals surface area contributed by atoms with Crippen LogP contribution in [0.3, 0.4) is 0 Å². The van der Waals surface area contributed by atoms with Crippen LogP contribution in [-0.2, 0) is 4.79 Å². The van der Waals surface area contributed by atoms with Gasteiger partial charge in [0.05, 0.1) is 28.8 Å². The molecule has 1 aliphatic heterocycles. The lowest BCUT2D eigenvalue weighted by Gasteiger charge is -2.23. The zero-order chi connectivity index (χ0) is 19.8. The molecular weight excluding hydrogens is 382 g/mol. The fraction of sp³-hybridized carbons (Fsp3) is 0.304. The molecule has 0 saturated carbocycles. The summed E-state index contributed by atoms with van der Waals surface area (Å²) in [7, 11) is 0. The van der Waals surface area contributed by atoms with Gasteiger partial charge in [0.2, 0.25) is 5.91 Å². The van der Waals surface area contributed by atoms with Crippen LogP contribution in [0, 0.1) is 0 Å². The van der Waals surface area contributed by atoms with Gasteiger partial charge >= 0.3 is 0 Å². The fourth-order valence-corrected chi connectivity index (χ4v) is 5.22. The smallest absolute Gasteiger partial charge is 0.234 e. The van der Waals surface area contributed by atoms with Gasteiger partial charge in [-0.25, -0.2) is 4.98 Å². The number of amides is 1. The van der Waals surface area contributed by atoms with Gasteiger partial charge in [0.15, 0.2) is 0 Å². The van der Waals surface area contributed by atoms with E-state index in [0.29, 0.717) is 6.54 Å². The fourth-order valence-electron chi connectivity index (χ4n) is 4.09. The summed E-state index contributed by atoms with van der Waals surface area (Å²) in [5.74, 6) is 0.801. The topological polar surface area (TPSA) is 58.4 Å². The van der Waals surface area contributed by atoms with Crippen molar-refractivity contribution >= 4 is 38.4 Å². The summed E-state index contributed by atoms with van der Waals surface area (Å²) in [5, 5.41) is 5.26. The predicted octanol–water partition coefficient (Wildman–Crippen LogP) is 5.06. The molecule has 148 valence electrons. The number of thiazole rings is 1. The normalized spacial score (nSPS) is 18.4. The SMILES string of the molecule is C[C@@H](NC(=O)CN1CCC[C@H]1c1nc2ccccc2s1)c1cc2ccccc2o1. The third-order valence-corrected chi connectivity index (χ3v) is 6.69. The molecule has 0 radical (unpaired) electrons. The van der Waals surface area contributed by atoms with E-state index in [9.17, 15) is 4.79 Å². The molecule has 5 nitrogen and oxygen atoms in total. The van der Waals surface area contributed by atoms with Crippen molar-refractivity contribution in [2.45, 2.75) is 31.8 Å². The first-order chi connectivity index (χ1) is 14.2. The summed E-state index contributed by atoms with van der Waals surface area (Å²) in [4.78, 5) is 19.8. The van der Waals surface area contributed by atoms with Gasteiger partial charge in [-0.15, -0.1) is 11.3 Å². The Morgan fingerprint density at radius 2 is 2.10 bits per heavy atom. The van der Waals surface area contributed by atoms with Crippen molar-refractivity contribution in [3.8, 4) is 0 Å². The first-order valence-corrected chi connectivity index (χ1v) is 10.9. The Bertz CT molecular complexity index is 1100. The van der Waals surface area contributed by atoms with Gasteiger partial charge in [-0.3, -0.25) is 9.69 Å². The minimum atomic E-state index is -0.168. The summed E-state index contributed by atoms with van der Waals surface area (Å²) in [5.41, 5.74) is 1.89. The second kappa shape index (κ2) is 7.61. The molecule has 1 saturated heterocycles. The second-order valence-corrected chi connectivity index (χ2v) is 8.69. The van der Waals surface area contributed by atoms with Gasteiger partial charge in [0.25, 0.3) is 0 Å². The summed E-state index contributed by atoms with van der Waals surface area (Å²) < 4.78 is 7.09. The summed E-state index contributed by atoms with van der Waals surface area (Å²) in [6.45, 7) is 3.27. The maximum atomic E-state index is 12.7. The number of nitrogens with zero attached hydrogens (tertiary/aromatic N) is 2. The van der Waals surface area contributed by atoms with Crippen LogP contribution in [0.1, 0.15) is 42.6 Å². The molecule has 0 bridgehead atoms. The van der Waals surface area contributed by atoms with Gasteiger partial charge in [-0.05, 0) is 50.6 Å². The number of furan rings is 1. The van der Waals surface area contributed by atoms with E-state index in [1.54, 1.807) is 11.3 Å². The van der Waals surface area contributed by atoms with Crippen molar-refractivity contribution in [3.63, 3.8) is 0 Å². The second-order valence-electron chi connectivity index (χ2n) is 7.62. The Balaban J connectivity index is 1.26. The zero-order valence-electron chi connectivity index (χ0n) is 16.3. The van der Waals surface area contributed by atoms with Crippen molar-refractivity contribution in [2.24, 2.45) is 0 Å². The van der Waals surface area contributed by atoms with Crippen LogP contribution in [-0.4, -0.2) is 28.9 Å². The number of hydrogen-bond donors (Lipinski definition) is 1. The molecule has 1 fully saturated rings. The molecule has 1 amide bonds. The van der Waals surface area contributed by atoms with Crippen LogP contribution in [0.4, 0.5) is 0 Å². The summed E-state index contributed by atoms with van der Waals surface area (Å²) in [6, 6.07) is 18.2. The van der Waals surface area contributed by atoms with E-state index in [1.807, 2.05) is 49.4 Å². The first-order valence-electron chi connectivity index (χ1n) is 10.0. The summed E-state index contributed by atoms with van der Waals surface area (Å²) in [6.07, 6.45) is 2.14. The first kappa shape index (κ1) is 18.3. The van der Waals surface area contributed by atoms with Crippen LogP contribution in [0.25, 0.3) is 21.2 Å². The Kier molecular flexibility index (Phi) is 4.81. The van der Waals surface area contributed by atoms with Gasteiger partial charge in [-0.2, -0.15) is 0 Å². The highest BCUT2D eigenvalue weighted by molar-refractivity contribution is 7.18. The van der Waals surface area contributed by atoms with Crippen LogP contribution in [0.2, 0.25) is 0 Å². The molecule has 29 heavy (non-hydrogen) atoms. The highest BCUT2D eigenvalue weighted by Crippen LogP contribution is 2.36. The Labute approximate surface area is 173 Å². The lowest BCUT2D eigenvalue weighted by molar-refractivity contribution is -0.123. The highest BCUT2D eigenvalue weighted by Gasteiger charge is 2.30. The molecule has 5 rings (SSSR count). The number of benzene rings is 2. The van der Waals surface area contributed by atoms with Crippen molar-refractivity contribution in [1.29, 1.82) is 0 Å². The molecular formula is C23H23N3O2S. The molecule has 2 aromatic heterocycles. The van der Waals surface area contributed by atoms with Gasteiger partial charge < -0.3 is 9.73 Å². The molecule has 1 N–H and O–H groups in total. The molecule has 3 heterocycles. The molecule has 0 aliphatic carbocycles. The molecule has 0 spiro atoms. The molecule has 1 aliphatic rings. The number of aromatic nitrogens is 1. The molecule has 2 aromatic carbocycles. The third kappa shape index (κ3) is 3.66. The lowest BCUT2D eigenvalue weighted by Crippen LogP contribution is -2.37. The number of fused-ring (bicyclic) bond motifs is 2. The van der Waals surface area contributed by atoms with E-state index in [-0.39, 0.29) is 18.0 Å². The number of para-hydroxylation sites is 2. The Morgan fingerprint density at radius 3 is 2.97 bits per heavy atom. The van der Waals surface area contributed by atoms with Crippen molar-refractivity contribution in [1.82, 2.24) is 15.2 Å². The quantitative estimate of drug-likeness (QED) is 0.504. The number of nitrogens with one attached hydrogen (secondary N) is 1. The zero-order valence-corrected chi connectivity index (χ0v) is 17.1. The molecule has 6 heteroatoms. The number of carbonyl (C=O) groups is 1. The van der Waals surface area contributed by atoms with Crippen molar-refractivity contribution in [3.05, 3.63) is 65.4 Å². The van der Waals surface area contributed by atoms with Crippen LogP contribution in [0.5, 0.6) is 0 Å². The van der Waals surface area contributed by atoms with Crippen LogP contribution < -0.4 is 5.32 Å². The van der Waals surface area contributed by atoms with E-state index in [2.05, 4.69) is 22.3 Å². The van der Waals surface area contributed by atoms with Gasteiger partial charge in [0, 0.05) is 5.39 Å². The maximum absolute atomic E-state index is 12.7. The number of carbonyl (C=O) groups excluding carboxylic acids is 1. The van der Waals surface area contributed by atoms with E-state index in [0.717, 1.165) is 46.6 Å². The van der Waals surface area contributed by atoms with E-state index < -0.39 is 0 Å². The monoisotopic (exact) mass is 405 g/mol. The average Bonchev–Trinajstić information content (AvgIpc) is 3.44. The number of likely N-dealkylation sites (tertiary alicyclic amines) is 1. The van der Waals surface area contributed by atoms with E-state index in [1.165, 1.54) is 4.70 Å². The largest absolute Gasteiger partial charge is 0.459 e. The predicted molar refractivity (Wildman–Crippen MR) is 116 cm³/mol. The van der Waals surface area contributed by atoms with Crippen molar-refractivity contribution < 1.29 is 9.21 Å². The van der Waals surface area contributed by atoms with E-state index in [4.69, 9.17) is 9.40 Å². The maximum Gasteiger partial charge on any atom is 0.234 e. The van der Waals surface area contributed by atoms with Crippen LogP contribution >= 0.6 is 11.3 Å². The lowest BCUT2D eigenvalue weighted by atomic mass is 10.2. The Morgan fingerprint density at radius 1 is 1.28 bits per heavy atom. The number of hydrogen-bond acceptors (Lipinski definition) is 5. The molecule has 4 aromatic rings. The Hall–Kier alpha value is -2.70. The van der Waals surface area contributed by atoms with Crippen LogP contribution in [0.15, 0.2) is 59.0 Å². The summed E-state index contributed by atoms with van der Waals surface area (Å²) >= 11 is 1.74. The van der Waals surface area contributed by atoms with Gasteiger partial charge in [0.1, 0.15) is 16.4 Å². The average molecular weight is 406 g/mol. The standard InChI is InChI=1S/C23H23N3O2S/c1-15(20-13-16-7-2-4-10-19(16)28-20)24-22(27)14-26-12-6-9-18(26)23-25-17-8-3-5-11-21(17)29-23/h2-5,7-8,10-11,13,15,18H,6,9,12,14H2,1H3,(H,24,27)/t15-,18+/m1/s1.